The van der Waals surface area contributed by atoms with Crippen molar-refractivity contribution < 1.29 is 195 Å². The predicted molar refractivity (Wildman–Crippen MR) is 414 cm³/mol. The quantitative estimate of drug-likeness (QED) is 0.0357. The van der Waals surface area contributed by atoms with Crippen molar-refractivity contribution in [2.24, 2.45) is 41.7 Å². The zero-order valence-corrected chi connectivity index (χ0v) is 73.0. The molecular weight excluding hydrogens is 1800 g/mol. The number of esters is 14. The lowest BCUT2D eigenvalue weighted by molar-refractivity contribution is -0.391. The van der Waals surface area contributed by atoms with Gasteiger partial charge < -0.3 is 128 Å². The molecule has 14 bridgehead atoms. The Hall–Kier alpha value is -12.8. The SMILES string of the molecule is CC(=O)OC1[C@@H]2OC(CN=[N+]=[N-])[C@@H](O[C@H]3OC(CN=[N+]=[N-])[C@@H](O[C@H]4CC(CN=[N+]=[N-])[C@@H](O[C@H]5OC(CN=[N+]=[N-])[C@@H](O[C@@H]6OC(CN=[N+]=[N-])[C@@H](O[C@@H]7OC(CN=[N+]=[N-])[C@@H](O[C@@H]8OC(CN=[N+]=[N-])[C@@H](O2)[C@H](OC(C)=O)C8OC(C)=O)[C@@H](OC(C)=O)C7OC(C)=O)[C@@H](OC(C)=O)C6OC(C)=O)[C@H](OC(C)=O)C5OC(C)=O)[C@H](OC(C)=O)C4OC(C)=O)[C@H](OC(C)=O)C3OC(C)=O)[C@@H]1OC(C)=O. The van der Waals surface area contributed by atoms with E-state index >= 15 is 0 Å². The zero-order valence-electron chi connectivity index (χ0n) is 73.0. The highest BCUT2D eigenvalue weighted by Gasteiger charge is 2.65. The van der Waals surface area contributed by atoms with Crippen molar-refractivity contribution in [3.8, 4) is 0 Å². The number of rotatable bonds is 28. The van der Waals surface area contributed by atoms with E-state index in [0.29, 0.717) is 0 Å². The summed E-state index contributed by atoms with van der Waals surface area (Å²) < 4.78 is 169. The highest BCUT2D eigenvalue weighted by atomic mass is 16.8. The first kappa shape index (κ1) is 106. The van der Waals surface area contributed by atoms with Crippen LogP contribution in [0.4, 0.5) is 0 Å². The number of hydrogen-bond acceptors (Lipinski definition) is 48. The molecule has 1 aliphatic carbocycles. The summed E-state index contributed by atoms with van der Waals surface area (Å²) in [5.41, 5.74) is 70.4. The van der Waals surface area contributed by atoms with E-state index in [1.165, 1.54) is 0 Å². The van der Waals surface area contributed by atoms with E-state index in [1.54, 1.807) is 0 Å². The summed E-state index contributed by atoms with van der Waals surface area (Å²) in [5.74, 6) is -19.4. The second kappa shape index (κ2) is 49.6. The van der Waals surface area contributed by atoms with Crippen molar-refractivity contribution in [1.82, 2.24) is 0 Å². The van der Waals surface area contributed by atoms with Gasteiger partial charge in [-0.25, -0.2) is 0 Å². The molecule has 0 radical (unpaired) electrons. The average molecular weight is 1900 g/mol. The van der Waals surface area contributed by atoms with E-state index in [0.717, 1.165) is 96.9 Å². The fourth-order valence-corrected chi connectivity index (χ4v) is 16.0. The second-order valence-electron chi connectivity index (χ2n) is 29.9. The minimum absolute atomic E-state index is 0.727. The van der Waals surface area contributed by atoms with Crippen LogP contribution in [-0.4, -0.2) is 338 Å². The molecule has 133 heavy (non-hydrogen) atoms. The van der Waals surface area contributed by atoms with Crippen LogP contribution in [0.5, 0.6) is 0 Å². The van der Waals surface area contributed by atoms with E-state index in [4.69, 9.17) is 128 Å². The molecule has 21 fully saturated rings. The maximum atomic E-state index is 13.8. The standard InChI is InChI=1S/C71H93N21O41/c1-23(93)107-46-38-15-37(16-79-86-72)45(53(46)108-24(2)94)128-66-61(116-32(10)102)55(110-26(4)96)48(40(123-66)18-81-88-74)130-68-63(118-34(12)104)57(112-28(6)98)50(42(125-68)20-83-90-76)132-70-65(120-36(14)106)59(114-30(8)100)52(44(127-70)22-85-92-78)133-71-64(119-35(13)105)58(113-29(7)99)51(43(126-71)21-84-91-77)131-69-62(117-33(11)103)56(111-27(5)97)49(41(124-69)19-82-89-75)129-67-60(115-31(9)101)54(109-25(3)95)47(121-38)39(122-67)17-80-87-73/h37-71H,15-22H2,1-14H3/t37?,38-,39?,40?,41?,42?,43?,44?,45+,46?,47+,48+,49+,50+,51+,52+,53-,54-,55-,56-,57+,58-,59+,60?,61?,62?,63?,64?,65?,66+,67+,68-,69+,70-,71-/m0/s1. The van der Waals surface area contributed by atoms with Gasteiger partial charge in [0.1, 0.15) is 42.7 Å². The Balaban J connectivity index is 1.49. The Morgan fingerprint density at radius 1 is 0.203 bits per heavy atom. The monoisotopic (exact) mass is 1900 g/mol. The summed E-state index contributed by atoms with van der Waals surface area (Å²) in [6.07, 6.45) is -76.4. The van der Waals surface area contributed by atoms with Gasteiger partial charge >= 0.3 is 83.6 Å². The molecule has 1 saturated carbocycles. The number of nitrogens with zero attached hydrogens (tertiary/aromatic N) is 21. The molecule has 0 aromatic rings. The molecule has 14 unspecified atom stereocenters. The molecule has 35 atom stereocenters. The van der Waals surface area contributed by atoms with Crippen LogP contribution in [0.2, 0.25) is 0 Å². The summed E-state index contributed by atoms with van der Waals surface area (Å²) in [7, 11) is 0. The second-order valence-corrected chi connectivity index (χ2v) is 29.9. The van der Waals surface area contributed by atoms with Gasteiger partial charge in [0.05, 0.1) is 82.0 Å². The molecule has 20 saturated heterocycles. The molecule has 0 amide bonds. The van der Waals surface area contributed by atoms with Crippen molar-refractivity contribution in [2.45, 2.75) is 312 Å². The Morgan fingerprint density at radius 3 is 0.519 bits per heavy atom. The summed E-state index contributed by atoms with van der Waals surface area (Å²) in [6.45, 7) is 4.55. The Bertz CT molecular complexity index is 3830. The molecule has 728 valence electrons. The minimum atomic E-state index is -2.41. The van der Waals surface area contributed by atoms with Crippen molar-refractivity contribution in [2.75, 3.05) is 45.8 Å². The van der Waals surface area contributed by atoms with Crippen molar-refractivity contribution in [3.63, 3.8) is 0 Å². The van der Waals surface area contributed by atoms with Crippen LogP contribution in [0.3, 0.4) is 0 Å². The molecule has 62 nitrogen and oxygen atoms in total. The van der Waals surface area contributed by atoms with E-state index in [2.05, 4.69) is 70.2 Å². The molecule has 21 rings (SSSR count). The lowest BCUT2D eigenvalue weighted by Crippen LogP contribution is -2.70. The molecule has 0 N–H and O–H groups in total. The molecule has 0 spiro atoms. The Labute approximate surface area is 749 Å². The summed E-state index contributed by atoms with van der Waals surface area (Å²) in [5, 5.41) is 25.7. The van der Waals surface area contributed by atoms with Crippen LogP contribution in [0.25, 0.3) is 73.1 Å². The number of ether oxygens (including phenoxy) is 27. The van der Waals surface area contributed by atoms with E-state index in [9.17, 15) is 106 Å². The minimum Gasteiger partial charge on any atom is -0.456 e. The highest BCUT2D eigenvalue weighted by Crippen LogP contribution is 2.46. The predicted octanol–water partition coefficient (Wildman–Crippen LogP) is 2.65. The third kappa shape index (κ3) is 28.6. The lowest BCUT2D eigenvalue weighted by Gasteiger charge is -2.52. The first-order valence-electron chi connectivity index (χ1n) is 40.2. The van der Waals surface area contributed by atoms with Crippen molar-refractivity contribution in [3.05, 3.63) is 73.1 Å². The molecule has 0 aromatic heterocycles. The van der Waals surface area contributed by atoms with Crippen LogP contribution in [0.15, 0.2) is 35.8 Å². The smallest absolute Gasteiger partial charge is 0.303 e. The van der Waals surface area contributed by atoms with Crippen LogP contribution in [0.1, 0.15) is 103 Å². The first-order valence-corrected chi connectivity index (χ1v) is 40.2. The van der Waals surface area contributed by atoms with Gasteiger partial charge in [0.2, 0.25) is 0 Å². The van der Waals surface area contributed by atoms with Gasteiger partial charge in [-0.05, 0) is 51.1 Å². The van der Waals surface area contributed by atoms with Crippen molar-refractivity contribution in [1.29, 1.82) is 0 Å². The van der Waals surface area contributed by atoms with Gasteiger partial charge in [-0.3, -0.25) is 67.1 Å². The van der Waals surface area contributed by atoms with E-state index in [1.807, 2.05) is 0 Å². The maximum absolute atomic E-state index is 13.8. The van der Waals surface area contributed by atoms with E-state index < -0.39 is 350 Å². The molecular formula is C71H93N21O41. The fourth-order valence-electron chi connectivity index (χ4n) is 16.0. The van der Waals surface area contributed by atoms with Crippen LogP contribution < -0.4 is 0 Å². The average Bonchev–Trinajstić information content (AvgIpc) is 0.857. The normalized spacial score (nSPS) is 35.6. The van der Waals surface area contributed by atoms with Crippen LogP contribution in [0, 0.1) is 5.92 Å². The first-order chi connectivity index (χ1) is 63.2. The Morgan fingerprint density at radius 2 is 0.346 bits per heavy atom. The third-order valence-electron chi connectivity index (χ3n) is 20.2. The van der Waals surface area contributed by atoms with Gasteiger partial charge in [-0.1, -0.05) is 35.8 Å². The summed E-state index contributed by atoms with van der Waals surface area (Å²) in [6, 6.07) is 0. The molecule has 20 heterocycles. The molecule has 0 aromatic carbocycles. The van der Waals surface area contributed by atoms with Gasteiger partial charge in [-0.15, -0.1) is 0 Å². The largest absolute Gasteiger partial charge is 0.456 e. The van der Waals surface area contributed by atoms with Gasteiger partial charge in [0.25, 0.3) is 0 Å². The maximum Gasteiger partial charge on any atom is 0.303 e. The summed E-state index contributed by atoms with van der Waals surface area (Å²) >= 11 is 0. The third-order valence-corrected chi connectivity index (χ3v) is 20.2. The van der Waals surface area contributed by atoms with Crippen LogP contribution >= 0.6 is 0 Å². The molecule has 20 aliphatic heterocycles. The molecule has 21 aliphatic rings. The summed E-state index contributed by atoms with van der Waals surface area (Å²) in [4.78, 5) is 213. The number of carbonyl (C=O) groups excluding carboxylic acids is 14. The number of azide groups is 7. The van der Waals surface area contributed by atoms with Gasteiger partial charge in [0, 0.05) is 138 Å². The van der Waals surface area contributed by atoms with Crippen molar-refractivity contribution >= 4 is 83.6 Å². The van der Waals surface area contributed by atoms with Gasteiger partial charge in [0.15, 0.2) is 123 Å². The Kier molecular flexibility index (Phi) is 39.4. The van der Waals surface area contributed by atoms with E-state index in [-0.39, 0.29) is 0 Å². The number of hydrogen-bond donors (Lipinski definition) is 0. The lowest BCUT2D eigenvalue weighted by atomic mass is 9.79. The van der Waals surface area contributed by atoms with Gasteiger partial charge in [-0.2, -0.15) is 0 Å². The molecule has 62 heteroatoms. The zero-order chi connectivity index (χ0) is 97.9. The van der Waals surface area contributed by atoms with Crippen LogP contribution in [-0.2, 0) is 195 Å². The highest BCUT2D eigenvalue weighted by molar-refractivity contribution is 5.72. The number of carbonyl (C=O) groups is 14. The fraction of sp³-hybridized carbons (Fsp3) is 0.803. The topological polar surface area (TPSA) is 830 Å².